The molecule has 0 radical (unpaired) electrons. The molecule has 2 aromatic rings. The summed E-state index contributed by atoms with van der Waals surface area (Å²) in [5.74, 6) is -0.217. The summed E-state index contributed by atoms with van der Waals surface area (Å²) in [5.41, 5.74) is 0.498. The van der Waals surface area contributed by atoms with Crippen molar-refractivity contribution < 1.29 is 9.90 Å². The summed E-state index contributed by atoms with van der Waals surface area (Å²) in [6, 6.07) is 2.28. The monoisotopic (exact) mass is 218 g/mol. The van der Waals surface area contributed by atoms with Crippen LogP contribution in [0.5, 0.6) is 0 Å². The number of carbonyl (C=O) groups is 1. The lowest BCUT2D eigenvalue weighted by molar-refractivity contribution is 0.0699. The van der Waals surface area contributed by atoms with E-state index in [1.54, 1.807) is 12.3 Å². The van der Waals surface area contributed by atoms with Crippen molar-refractivity contribution in [2.24, 2.45) is 0 Å². The van der Waals surface area contributed by atoms with Gasteiger partial charge in [-0.2, -0.15) is 9.61 Å². The molecule has 0 saturated heterocycles. The zero-order valence-electron chi connectivity index (χ0n) is 8.42. The third-order valence-corrected chi connectivity index (χ3v) is 2.56. The van der Waals surface area contributed by atoms with Gasteiger partial charge in [-0.25, -0.2) is 9.78 Å². The molecule has 0 aliphatic heterocycles. The van der Waals surface area contributed by atoms with Gasteiger partial charge in [0, 0.05) is 12.2 Å². The number of rotatable bonds is 3. The van der Waals surface area contributed by atoms with Gasteiger partial charge in [0.1, 0.15) is 11.4 Å². The molecular weight excluding hydrogens is 208 g/mol. The zero-order valence-corrected chi connectivity index (χ0v) is 8.42. The van der Waals surface area contributed by atoms with Crippen LogP contribution in [0.2, 0.25) is 0 Å². The van der Waals surface area contributed by atoms with Crippen LogP contribution in [0.15, 0.2) is 18.5 Å². The van der Waals surface area contributed by atoms with E-state index in [0.29, 0.717) is 11.7 Å². The van der Waals surface area contributed by atoms with Crippen molar-refractivity contribution in [1.29, 1.82) is 0 Å². The largest absolute Gasteiger partial charge is 0.477 e. The molecule has 1 aliphatic carbocycles. The first-order valence-corrected chi connectivity index (χ1v) is 5.08. The van der Waals surface area contributed by atoms with Gasteiger partial charge in [-0.05, 0) is 18.9 Å². The average molecular weight is 218 g/mol. The third kappa shape index (κ3) is 1.39. The average Bonchev–Trinajstić information content (AvgIpc) is 2.95. The van der Waals surface area contributed by atoms with Crippen LogP contribution in [0.1, 0.15) is 23.2 Å². The van der Waals surface area contributed by atoms with E-state index < -0.39 is 5.97 Å². The Balaban J connectivity index is 2.12. The number of carboxylic acids is 1. The topological polar surface area (TPSA) is 79.5 Å². The number of fused-ring (bicyclic) bond motifs is 1. The van der Waals surface area contributed by atoms with Gasteiger partial charge in [-0.3, -0.25) is 0 Å². The highest BCUT2D eigenvalue weighted by Crippen LogP contribution is 2.24. The number of anilines is 1. The predicted molar refractivity (Wildman–Crippen MR) is 56.6 cm³/mol. The molecule has 3 rings (SSSR count). The van der Waals surface area contributed by atoms with Crippen molar-refractivity contribution >= 4 is 17.4 Å². The van der Waals surface area contributed by atoms with Gasteiger partial charge in [0.15, 0.2) is 5.65 Å². The van der Waals surface area contributed by atoms with E-state index in [-0.39, 0.29) is 5.56 Å². The van der Waals surface area contributed by atoms with E-state index in [4.69, 9.17) is 5.11 Å². The van der Waals surface area contributed by atoms with Crippen molar-refractivity contribution in [2.45, 2.75) is 18.9 Å². The Morgan fingerprint density at radius 1 is 1.56 bits per heavy atom. The first-order valence-electron chi connectivity index (χ1n) is 5.08. The molecule has 1 saturated carbocycles. The van der Waals surface area contributed by atoms with Gasteiger partial charge in [0.05, 0.1) is 6.20 Å². The minimum atomic E-state index is -1.01. The van der Waals surface area contributed by atoms with E-state index in [1.807, 2.05) is 0 Å². The standard InChI is InChI=1S/C10H10N4O2/c15-10(16)7-5-12-14-8(13-6-1-2-6)3-4-11-9(7)14/h3-6,13H,1-2H2,(H,15,16). The molecule has 0 unspecified atom stereocenters. The van der Waals surface area contributed by atoms with Crippen molar-refractivity contribution in [3.8, 4) is 0 Å². The number of nitrogens with one attached hydrogen (secondary N) is 1. The Hall–Kier alpha value is -2.11. The van der Waals surface area contributed by atoms with Crippen LogP contribution < -0.4 is 5.32 Å². The molecule has 0 aromatic carbocycles. The van der Waals surface area contributed by atoms with Crippen LogP contribution in [0.4, 0.5) is 5.82 Å². The summed E-state index contributed by atoms with van der Waals surface area (Å²) in [6.07, 6.45) is 5.21. The number of aromatic nitrogens is 3. The molecule has 0 bridgehead atoms. The Labute approximate surface area is 90.9 Å². The summed E-state index contributed by atoms with van der Waals surface area (Å²) in [5, 5.41) is 16.3. The molecule has 6 nitrogen and oxygen atoms in total. The van der Waals surface area contributed by atoms with Gasteiger partial charge >= 0.3 is 5.97 Å². The SMILES string of the molecule is O=C(O)c1cnn2c(NC3CC3)ccnc12. The quantitative estimate of drug-likeness (QED) is 0.803. The van der Waals surface area contributed by atoms with Crippen LogP contribution >= 0.6 is 0 Å². The Bertz CT molecular complexity index is 559. The van der Waals surface area contributed by atoms with Crippen LogP contribution in [-0.4, -0.2) is 31.7 Å². The lowest BCUT2D eigenvalue weighted by Gasteiger charge is -2.05. The highest BCUT2D eigenvalue weighted by atomic mass is 16.4. The van der Waals surface area contributed by atoms with E-state index in [2.05, 4.69) is 15.4 Å². The van der Waals surface area contributed by atoms with Gasteiger partial charge in [0.25, 0.3) is 0 Å². The number of carboxylic acid groups (broad SMARTS) is 1. The van der Waals surface area contributed by atoms with E-state index in [0.717, 1.165) is 18.7 Å². The lowest BCUT2D eigenvalue weighted by atomic mass is 10.3. The summed E-state index contributed by atoms with van der Waals surface area (Å²) in [6.45, 7) is 0. The molecule has 2 aromatic heterocycles. The van der Waals surface area contributed by atoms with Crippen molar-refractivity contribution in [3.05, 3.63) is 24.0 Å². The van der Waals surface area contributed by atoms with Crippen LogP contribution in [0, 0.1) is 0 Å². The summed E-state index contributed by atoms with van der Waals surface area (Å²) >= 11 is 0. The molecule has 0 atom stereocenters. The normalized spacial score (nSPS) is 15.2. The summed E-state index contributed by atoms with van der Waals surface area (Å²) in [4.78, 5) is 14.9. The third-order valence-electron chi connectivity index (χ3n) is 2.56. The molecule has 1 aliphatic rings. The highest BCUT2D eigenvalue weighted by molar-refractivity contribution is 5.94. The second kappa shape index (κ2) is 3.19. The fourth-order valence-electron chi connectivity index (χ4n) is 1.59. The van der Waals surface area contributed by atoms with Crippen molar-refractivity contribution in [1.82, 2.24) is 14.6 Å². The van der Waals surface area contributed by atoms with E-state index in [9.17, 15) is 4.79 Å². The van der Waals surface area contributed by atoms with E-state index in [1.165, 1.54) is 10.7 Å². The zero-order chi connectivity index (χ0) is 11.1. The second-order valence-electron chi connectivity index (χ2n) is 3.85. The first-order chi connectivity index (χ1) is 7.75. The maximum atomic E-state index is 10.9. The minimum absolute atomic E-state index is 0.124. The molecule has 0 amide bonds. The smallest absolute Gasteiger partial charge is 0.341 e. The van der Waals surface area contributed by atoms with Gasteiger partial charge in [-0.1, -0.05) is 0 Å². The van der Waals surface area contributed by atoms with Gasteiger partial charge in [-0.15, -0.1) is 0 Å². The van der Waals surface area contributed by atoms with E-state index >= 15 is 0 Å². The Morgan fingerprint density at radius 2 is 2.38 bits per heavy atom. The fraction of sp³-hybridized carbons (Fsp3) is 0.300. The molecule has 82 valence electrons. The number of hydrogen-bond donors (Lipinski definition) is 2. The van der Waals surface area contributed by atoms with Gasteiger partial charge in [0.2, 0.25) is 0 Å². The van der Waals surface area contributed by atoms with Gasteiger partial charge < -0.3 is 10.4 Å². The Morgan fingerprint density at radius 3 is 3.06 bits per heavy atom. The minimum Gasteiger partial charge on any atom is -0.477 e. The predicted octanol–water partition coefficient (Wildman–Crippen LogP) is 1.00. The summed E-state index contributed by atoms with van der Waals surface area (Å²) in [7, 11) is 0. The molecule has 2 N–H and O–H groups in total. The number of nitrogens with zero attached hydrogens (tertiary/aromatic N) is 3. The number of aromatic carboxylic acids is 1. The molecule has 0 spiro atoms. The molecule has 2 heterocycles. The molecule has 1 fully saturated rings. The number of hydrogen-bond acceptors (Lipinski definition) is 4. The van der Waals surface area contributed by atoms with Crippen molar-refractivity contribution in [3.63, 3.8) is 0 Å². The van der Waals surface area contributed by atoms with Crippen LogP contribution in [-0.2, 0) is 0 Å². The molecular formula is C10H10N4O2. The lowest BCUT2D eigenvalue weighted by Crippen LogP contribution is -2.07. The highest BCUT2D eigenvalue weighted by Gasteiger charge is 2.22. The molecule has 16 heavy (non-hydrogen) atoms. The first kappa shape index (κ1) is 9.14. The summed E-state index contributed by atoms with van der Waals surface area (Å²) < 4.78 is 1.53. The second-order valence-corrected chi connectivity index (χ2v) is 3.85. The molecule has 6 heteroatoms. The van der Waals surface area contributed by atoms with Crippen LogP contribution in [0.3, 0.4) is 0 Å². The maximum absolute atomic E-state index is 10.9. The van der Waals surface area contributed by atoms with Crippen molar-refractivity contribution in [2.75, 3.05) is 5.32 Å². The Kier molecular flexibility index (Phi) is 1.82. The fourth-order valence-corrected chi connectivity index (χ4v) is 1.59. The van der Waals surface area contributed by atoms with Crippen LogP contribution in [0.25, 0.3) is 5.65 Å². The maximum Gasteiger partial charge on any atom is 0.341 e.